The van der Waals surface area contributed by atoms with E-state index in [4.69, 9.17) is 20.3 Å². The first-order valence-electron chi connectivity index (χ1n) is 7.94. The maximum absolute atomic E-state index is 11.6. The summed E-state index contributed by atoms with van der Waals surface area (Å²) in [6.07, 6.45) is 5.49. The molecule has 1 aliphatic carbocycles. The molecule has 2 heterocycles. The second-order valence-corrected chi connectivity index (χ2v) is 6.02. The maximum atomic E-state index is 11.6. The van der Waals surface area contributed by atoms with E-state index >= 15 is 0 Å². The smallest absolute Gasteiger partial charge is 0.308 e. The van der Waals surface area contributed by atoms with Crippen LogP contribution >= 0.6 is 0 Å². The van der Waals surface area contributed by atoms with E-state index in [0.29, 0.717) is 6.04 Å². The number of nitrogen functional groups attached to an aromatic ring is 1. The van der Waals surface area contributed by atoms with E-state index in [2.05, 4.69) is 4.90 Å². The third kappa shape index (κ3) is 3.04. The van der Waals surface area contributed by atoms with Crippen LogP contribution in [0.2, 0.25) is 0 Å². The molecule has 7 heteroatoms. The highest BCUT2D eigenvalue weighted by Gasteiger charge is 2.29. The Hall–Kier alpha value is -1.76. The number of ether oxygens (including phenoxy) is 2. The molecule has 0 aromatic carbocycles. The molecule has 0 unspecified atom stereocenters. The fourth-order valence-electron chi connectivity index (χ4n) is 3.35. The molecule has 1 aliphatic heterocycles. The van der Waals surface area contributed by atoms with Crippen molar-refractivity contribution in [3.63, 3.8) is 0 Å². The number of hydrogen-bond acceptors (Lipinski definition) is 6. The van der Waals surface area contributed by atoms with Crippen molar-refractivity contribution < 1.29 is 14.3 Å². The molecule has 2 N–H and O–H groups in total. The largest absolute Gasteiger partial charge is 0.469 e. The number of anilines is 2. The van der Waals surface area contributed by atoms with Gasteiger partial charge >= 0.3 is 5.97 Å². The molecule has 1 aromatic heterocycles. The van der Waals surface area contributed by atoms with Crippen molar-refractivity contribution in [1.29, 1.82) is 0 Å². The highest BCUT2D eigenvalue weighted by atomic mass is 16.5. The van der Waals surface area contributed by atoms with Crippen LogP contribution in [0.3, 0.4) is 0 Å². The van der Waals surface area contributed by atoms with Crippen LogP contribution in [0.25, 0.3) is 0 Å². The van der Waals surface area contributed by atoms with Gasteiger partial charge < -0.3 is 20.1 Å². The van der Waals surface area contributed by atoms with E-state index in [-0.39, 0.29) is 11.9 Å². The first-order valence-corrected chi connectivity index (χ1v) is 7.94. The zero-order chi connectivity index (χ0) is 15.5. The normalized spacial score (nSPS) is 26.0. The molecular formula is C15H24N4O3. The van der Waals surface area contributed by atoms with E-state index in [1.165, 1.54) is 7.11 Å². The highest BCUT2D eigenvalue weighted by molar-refractivity contribution is 5.72. The lowest BCUT2D eigenvalue weighted by molar-refractivity contribution is -0.146. The average Bonchev–Trinajstić information content (AvgIpc) is 2.97. The standard InChI is InChI=1S/C15H24N4O3/c1-21-15(20)11-2-4-12(5-3-11)19-10-13(16)14(17-19)18-6-8-22-9-7-18/h10-12H,2-9,16H2,1H3/t11-,12-. The number of methoxy groups -OCH3 is 1. The first-order chi connectivity index (χ1) is 10.7. The fraction of sp³-hybridized carbons (Fsp3) is 0.733. The van der Waals surface area contributed by atoms with Gasteiger partial charge in [0.2, 0.25) is 0 Å². The Morgan fingerprint density at radius 3 is 2.64 bits per heavy atom. The van der Waals surface area contributed by atoms with Crippen molar-refractivity contribution in [2.45, 2.75) is 31.7 Å². The van der Waals surface area contributed by atoms with Crippen molar-refractivity contribution in [2.75, 3.05) is 44.0 Å². The monoisotopic (exact) mass is 308 g/mol. The third-order valence-corrected chi connectivity index (χ3v) is 4.66. The number of nitrogens with two attached hydrogens (primary N) is 1. The summed E-state index contributed by atoms with van der Waals surface area (Å²) in [5, 5.41) is 4.69. The minimum Gasteiger partial charge on any atom is -0.469 e. The molecule has 2 fully saturated rings. The van der Waals surface area contributed by atoms with Gasteiger partial charge in [-0.3, -0.25) is 9.48 Å². The molecule has 0 amide bonds. The van der Waals surface area contributed by atoms with Gasteiger partial charge in [-0.05, 0) is 25.7 Å². The van der Waals surface area contributed by atoms with Crippen molar-refractivity contribution in [2.24, 2.45) is 5.92 Å². The summed E-state index contributed by atoms with van der Waals surface area (Å²) in [5.41, 5.74) is 6.86. The zero-order valence-electron chi connectivity index (χ0n) is 13.0. The molecular weight excluding hydrogens is 284 g/mol. The van der Waals surface area contributed by atoms with Gasteiger partial charge in [0.05, 0.1) is 44.2 Å². The molecule has 122 valence electrons. The number of morpholine rings is 1. The van der Waals surface area contributed by atoms with Gasteiger partial charge in [-0.15, -0.1) is 0 Å². The van der Waals surface area contributed by atoms with E-state index < -0.39 is 0 Å². The van der Waals surface area contributed by atoms with Gasteiger partial charge in [0.1, 0.15) is 0 Å². The number of esters is 1. The van der Waals surface area contributed by atoms with Crippen molar-refractivity contribution in [3.05, 3.63) is 6.20 Å². The average molecular weight is 308 g/mol. The Kier molecular flexibility index (Phi) is 4.52. The summed E-state index contributed by atoms with van der Waals surface area (Å²) in [6, 6.07) is 0.318. The van der Waals surface area contributed by atoms with Crippen LogP contribution < -0.4 is 10.6 Å². The molecule has 1 aromatic rings. The Labute approximate surface area is 130 Å². The fourth-order valence-corrected chi connectivity index (χ4v) is 3.35. The number of hydrogen-bond donors (Lipinski definition) is 1. The van der Waals surface area contributed by atoms with Gasteiger partial charge in [-0.2, -0.15) is 5.10 Å². The summed E-state index contributed by atoms with van der Waals surface area (Å²) in [7, 11) is 1.46. The van der Waals surface area contributed by atoms with Crippen LogP contribution in [0, 0.1) is 5.92 Å². The number of nitrogens with zero attached hydrogens (tertiary/aromatic N) is 3. The molecule has 1 saturated carbocycles. The van der Waals surface area contributed by atoms with E-state index in [1.807, 2.05) is 10.9 Å². The van der Waals surface area contributed by atoms with Crippen molar-refractivity contribution >= 4 is 17.5 Å². The van der Waals surface area contributed by atoms with E-state index in [1.54, 1.807) is 0 Å². The molecule has 2 aliphatic rings. The Morgan fingerprint density at radius 1 is 1.32 bits per heavy atom. The summed E-state index contributed by atoms with van der Waals surface area (Å²) in [6.45, 7) is 3.10. The highest BCUT2D eigenvalue weighted by Crippen LogP contribution is 2.34. The molecule has 0 atom stereocenters. The lowest BCUT2D eigenvalue weighted by Crippen LogP contribution is -2.37. The Bertz CT molecular complexity index is 517. The lowest BCUT2D eigenvalue weighted by atomic mass is 9.86. The molecule has 0 spiro atoms. The lowest BCUT2D eigenvalue weighted by Gasteiger charge is -2.28. The second-order valence-electron chi connectivity index (χ2n) is 6.02. The van der Waals surface area contributed by atoms with Crippen molar-refractivity contribution in [1.82, 2.24) is 9.78 Å². The van der Waals surface area contributed by atoms with Gasteiger partial charge in [-0.1, -0.05) is 0 Å². The SMILES string of the molecule is COC(=O)[C@H]1CC[C@H](n2cc(N)c(N3CCOCC3)n2)CC1. The molecule has 0 bridgehead atoms. The number of aromatic nitrogens is 2. The molecule has 0 radical (unpaired) electrons. The number of rotatable bonds is 3. The molecule has 7 nitrogen and oxygen atoms in total. The van der Waals surface area contributed by atoms with Crippen LogP contribution in [-0.2, 0) is 14.3 Å². The topological polar surface area (TPSA) is 82.6 Å². The quantitative estimate of drug-likeness (QED) is 0.845. The van der Waals surface area contributed by atoms with Gasteiger partial charge in [0.15, 0.2) is 5.82 Å². The van der Waals surface area contributed by atoms with Crippen molar-refractivity contribution in [3.8, 4) is 0 Å². The third-order valence-electron chi connectivity index (χ3n) is 4.66. The van der Waals surface area contributed by atoms with E-state index in [9.17, 15) is 4.79 Å². The Morgan fingerprint density at radius 2 is 2.00 bits per heavy atom. The molecule has 22 heavy (non-hydrogen) atoms. The van der Waals surface area contributed by atoms with Gasteiger partial charge in [0, 0.05) is 13.1 Å². The summed E-state index contributed by atoms with van der Waals surface area (Å²) >= 11 is 0. The van der Waals surface area contributed by atoms with E-state index in [0.717, 1.165) is 63.5 Å². The number of carbonyl (C=O) groups is 1. The summed E-state index contributed by atoms with van der Waals surface area (Å²) in [4.78, 5) is 13.8. The number of carbonyl (C=O) groups excluding carboxylic acids is 1. The predicted octanol–water partition coefficient (Wildman–Crippen LogP) is 1.21. The minimum absolute atomic E-state index is 0.0351. The van der Waals surface area contributed by atoms with Gasteiger partial charge in [-0.25, -0.2) is 0 Å². The van der Waals surface area contributed by atoms with Crippen LogP contribution in [0.5, 0.6) is 0 Å². The van der Waals surface area contributed by atoms with Crippen LogP contribution in [0.1, 0.15) is 31.7 Å². The van der Waals surface area contributed by atoms with Crippen LogP contribution in [0.4, 0.5) is 11.5 Å². The first kappa shape index (κ1) is 15.1. The van der Waals surface area contributed by atoms with Crippen LogP contribution in [0.15, 0.2) is 6.20 Å². The summed E-state index contributed by atoms with van der Waals surface area (Å²) in [5.74, 6) is 0.804. The predicted molar refractivity (Wildman–Crippen MR) is 82.7 cm³/mol. The molecule has 3 rings (SSSR count). The zero-order valence-corrected chi connectivity index (χ0v) is 13.0. The summed E-state index contributed by atoms with van der Waals surface area (Å²) < 4.78 is 12.2. The maximum Gasteiger partial charge on any atom is 0.308 e. The molecule has 1 saturated heterocycles. The van der Waals surface area contributed by atoms with Crippen LogP contribution in [-0.4, -0.2) is 49.2 Å². The van der Waals surface area contributed by atoms with Gasteiger partial charge in [0.25, 0.3) is 0 Å². The second kappa shape index (κ2) is 6.56. The Balaban J connectivity index is 1.65. The minimum atomic E-state index is -0.0903.